The highest BCUT2D eigenvalue weighted by Crippen LogP contribution is 2.40. The molecule has 1 heterocycles. The highest BCUT2D eigenvalue weighted by atomic mass is 35.5. The van der Waals surface area contributed by atoms with Gasteiger partial charge in [-0.05, 0) is 23.6 Å². The van der Waals surface area contributed by atoms with Crippen LogP contribution < -0.4 is 0 Å². The van der Waals surface area contributed by atoms with E-state index in [1.54, 1.807) is 0 Å². The molecule has 0 saturated carbocycles. The molecule has 1 aromatic rings. The Balaban J connectivity index is 2.40. The molecule has 0 atom stereocenters. The molecule has 1 aliphatic rings. The van der Waals surface area contributed by atoms with Crippen molar-refractivity contribution in [1.29, 1.82) is 0 Å². The number of hydrogen-bond donors (Lipinski definition) is 1. The summed E-state index contributed by atoms with van der Waals surface area (Å²) in [7, 11) is 0. The fourth-order valence-electron chi connectivity index (χ4n) is 2.17. The third kappa shape index (κ3) is 2.90. The highest BCUT2D eigenvalue weighted by Gasteiger charge is 2.36. The zero-order valence-corrected chi connectivity index (χ0v) is 11.0. The van der Waals surface area contributed by atoms with E-state index >= 15 is 0 Å². The van der Waals surface area contributed by atoms with Crippen LogP contribution >= 0.6 is 11.6 Å². The number of alkyl halides is 3. The number of rotatable bonds is 1. The van der Waals surface area contributed by atoms with Crippen LogP contribution in [0.2, 0.25) is 5.02 Å². The lowest BCUT2D eigenvalue weighted by molar-refractivity contribution is -0.137. The predicted molar refractivity (Wildman–Crippen MR) is 68.6 cm³/mol. The molecular formula is C13H11ClF3NO2. The van der Waals surface area contributed by atoms with Crippen molar-refractivity contribution in [3.8, 4) is 0 Å². The van der Waals surface area contributed by atoms with E-state index in [1.165, 1.54) is 24.3 Å². The molecule has 0 bridgehead atoms. The summed E-state index contributed by atoms with van der Waals surface area (Å²) in [6.07, 6.45) is -3.89. The van der Waals surface area contributed by atoms with E-state index in [1.807, 2.05) is 0 Å². The van der Waals surface area contributed by atoms with Gasteiger partial charge in [0, 0.05) is 13.1 Å². The van der Waals surface area contributed by atoms with E-state index < -0.39 is 17.8 Å². The summed E-state index contributed by atoms with van der Waals surface area (Å²) >= 11 is 5.66. The Morgan fingerprint density at radius 3 is 2.55 bits per heavy atom. The first-order valence-electron chi connectivity index (χ1n) is 5.83. The number of carboxylic acid groups (broad SMARTS) is 1. The van der Waals surface area contributed by atoms with Crippen molar-refractivity contribution in [3.05, 3.63) is 40.4 Å². The largest absolute Gasteiger partial charge is 0.465 e. The average molecular weight is 306 g/mol. The van der Waals surface area contributed by atoms with Gasteiger partial charge in [0.1, 0.15) is 0 Å². The molecule has 1 amide bonds. The normalized spacial score (nSPS) is 16.0. The maximum atomic E-state index is 13.1. The summed E-state index contributed by atoms with van der Waals surface area (Å²) in [4.78, 5) is 11.9. The SMILES string of the molecule is O=C(O)N1CC=C(c2cccc(Cl)c2C(F)(F)F)CC1. The van der Waals surface area contributed by atoms with E-state index in [2.05, 4.69) is 0 Å². The third-order valence-corrected chi connectivity index (χ3v) is 3.44. The molecule has 0 aliphatic carbocycles. The van der Waals surface area contributed by atoms with Gasteiger partial charge >= 0.3 is 12.3 Å². The minimum atomic E-state index is -4.54. The van der Waals surface area contributed by atoms with Gasteiger partial charge in [0.2, 0.25) is 0 Å². The molecule has 1 aliphatic heterocycles. The maximum absolute atomic E-state index is 13.1. The number of halogens is 4. The van der Waals surface area contributed by atoms with Crippen molar-refractivity contribution >= 4 is 23.3 Å². The van der Waals surface area contributed by atoms with Crippen molar-refractivity contribution < 1.29 is 23.1 Å². The van der Waals surface area contributed by atoms with Crippen molar-refractivity contribution in [1.82, 2.24) is 4.90 Å². The lowest BCUT2D eigenvalue weighted by atomic mass is 9.94. The standard InChI is InChI=1S/C13H11ClF3NO2/c14-10-3-1-2-9(11(10)13(15,16)17)8-4-6-18(7-5-8)12(19)20/h1-4H,5-7H2,(H,19,20). The summed E-state index contributed by atoms with van der Waals surface area (Å²) in [6, 6.07) is 4.01. The fourth-order valence-corrected chi connectivity index (χ4v) is 2.45. The van der Waals surface area contributed by atoms with Gasteiger partial charge in [-0.25, -0.2) is 4.79 Å². The average Bonchev–Trinajstić information content (AvgIpc) is 2.37. The van der Waals surface area contributed by atoms with Crippen LogP contribution in [0.4, 0.5) is 18.0 Å². The van der Waals surface area contributed by atoms with Crippen LogP contribution in [-0.4, -0.2) is 29.2 Å². The monoisotopic (exact) mass is 305 g/mol. The third-order valence-electron chi connectivity index (χ3n) is 3.12. The van der Waals surface area contributed by atoms with Crippen LogP contribution in [0.25, 0.3) is 5.57 Å². The number of nitrogens with zero attached hydrogens (tertiary/aromatic N) is 1. The lowest BCUT2D eigenvalue weighted by Crippen LogP contribution is -2.33. The zero-order chi connectivity index (χ0) is 14.9. The summed E-state index contributed by atoms with van der Waals surface area (Å²) < 4.78 is 39.2. The van der Waals surface area contributed by atoms with E-state index in [-0.39, 0.29) is 30.1 Å². The molecule has 2 rings (SSSR count). The molecule has 0 unspecified atom stereocenters. The molecule has 20 heavy (non-hydrogen) atoms. The minimum absolute atomic E-state index is 0.0232. The van der Waals surface area contributed by atoms with Crippen LogP contribution in [0.1, 0.15) is 17.5 Å². The van der Waals surface area contributed by atoms with Crippen LogP contribution in [0.15, 0.2) is 24.3 Å². The first kappa shape index (κ1) is 14.7. The highest BCUT2D eigenvalue weighted by molar-refractivity contribution is 6.31. The second-order valence-corrected chi connectivity index (χ2v) is 4.78. The second kappa shape index (κ2) is 5.36. The van der Waals surface area contributed by atoms with Crippen molar-refractivity contribution in [2.24, 2.45) is 0 Å². The van der Waals surface area contributed by atoms with Gasteiger partial charge in [-0.2, -0.15) is 13.2 Å². The summed E-state index contributed by atoms with van der Waals surface area (Å²) in [6.45, 7) is 0.249. The Morgan fingerprint density at radius 2 is 2.05 bits per heavy atom. The minimum Gasteiger partial charge on any atom is -0.465 e. The van der Waals surface area contributed by atoms with Gasteiger partial charge in [-0.3, -0.25) is 0 Å². The van der Waals surface area contributed by atoms with Gasteiger partial charge in [-0.1, -0.05) is 29.8 Å². The first-order valence-corrected chi connectivity index (χ1v) is 6.21. The number of carbonyl (C=O) groups is 1. The quantitative estimate of drug-likeness (QED) is 0.847. The van der Waals surface area contributed by atoms with Crippen LogP contribution in [0, 0.1) is 0 Å². The molecule has 0 spiro atoms. The molecule has 3 nitrogen and oxygen atoms in total. The Labute approximate surface area is 118 Å². The molecule has 0 fully saturated rings. The molecular weight excluding hydrogens is 295 g/mol. The predicted octanol–water partition coefficient (Wildman–Crippen LogP) is 4.13. The van der Waals surface area contributed by atoms with E-state index in [0.29, 0.717) is 5.57 Å². The topological polar surface area (TPSA) is 40.5 Å². The first-order chi connectivity index (χ1) is 9.30. The lowest BCUT2D eigenvalue weighted by Gasteiger charge is -2.25. The van der Waals surface area contributed by atoms with Crippen molar-refractivity contribution in [2.75, 3.05) is 13.1 Å². The molecule has 108 valence electrons. The van der Waals surface area contributed by atoms with E-state index in [9.17, 15) is 18.0 Å². The number of hydrogen-bond acceptors (Lipinski definition) is 1. The fraction of sp³-hybridized carbons (Fsp3) is 0.308. The molecule has 0 radical (unpaired) electrons. The van der Waals surface area contributed by atoms with Crippen molar-refractivity contribution in [2.45, 2.75) is 12.6 Å². The van der Waals surface area contributed by atoms with Gasteiger partial charge in [0.25, 0.3) is 0 Å². The maximum Gasteiger partial charge on any atom is 0.418 e. The second-order valence-electron chi connectivity index (χ2n) is 4.37. The van der Waals surface area contributed by atoms with Gasteiger partial charge < -0.3 is 10.0 Å². The van der Waals surface area contributed by atoms with Crippen LogP contribution in [-0.2, 0) is 6.18 Å². The van der Waals surface area contributed by atoms with E-state index in [4.69, 9.17) is 16.7 Å². The molecule has 0 aromatic heterocycles. The van der Waals surface area contributed by atoms with Crippen LogP contribution in [0.3, 0.4) is 0 Å². The number of amides is 1. The number of benzene rings is 1. The zero-order valence-electron chi connectivity index (χ0n) is 10.2. The van der Waals surface area contributed by atoms with Gasteiger partial charge in [0.15, 0.2) is 0 Å². The van der Waals surface area contributed by atoms with Gasteiger partial charge in [0.05, 0.1) is 10.6 Å². The Morgan fingerprint density at radius 1 is 1.35 bits per heavy atom. The van der Waals surface area contributed by atoms with E-state index in [0.717, 1.165) is 4.90 Å². The Hall–Kier alpha value is -1.69. The van der Waals surface area contributed by atoms with Gasteiger partial charge in [-0.15, -0.1) is 0 Å². The van der Waals surface area contributed by atoms with Crippen molar-refractivity contribution in [3.63, 3.8) is 0 Å². The molecule has 0 saturated heterocycles. The molecule has 7 heteroatoms. The Bertz CT molecular complexity index is 569. The summed E-state index contributed by atoms with van der Waals surface area (Å²) in [5.41, 5.74) is -0.371. The van der Waals surface area contributed by atoms with Crippen LogP contribution in [0.5, 0.6) is 0 Å². The summed E-state index contributed by atoms with van der Waals surface area (Å²) in [5.74, 6) is 0. The smallest absolute Gasteiger partial charge is 0.418 e. The Kier molecular flexibility index (Phi) is 3.94. The molecule has 1 aromatic carbocycles. The summed E-state index contributed by atoms with van der Waals surface area (Å²) in [5, 5.41) is 8.47. The molecule has 1 N–H and O–H groups in total.